The second-order valence-corrected chi connectivity index (χ2v) is 13.0. The monoisotopic (exact) mass is 633 g/mol. The van der Waals surface area contributed by atoms with Gasteiger partial charge in [-0.15, -0.1) is 0 Å². The summed E-state index contributed by atoms with van der Waals surface area (Å²) in [5.41, 5.74) is 0. The van der Waals surface area contributed by atoms with E-state index in [0.717, 1.165) is 19.3 Å². The minimum Gasteiger partial charge on any atom is -0.463 e. The molecule has 0 aromatic carbocycles. The van der Waals surface area contributed by atoms with E-state index in [2.05, 4.69) is 33.7 Å². The van der Waals surface area contributed by atoms with Gasteiger partial charge in [0.05, 0.1) is 13.2 Å². The lowest BCUT2D eigenvalue weighted by Gasteiger charge is -2.15. The summed E-state index contributed by atoms with van der Waals surface area (Å²) in [7, 11) is -4.37. The zero-order valence-corrected chi connectivity index (χ0v) is 28.3. The molecule has 0 rings (SSSR count). The van der Waals surface area contributed by atoms with Gasteiger partial charge in [-0.3, -0.25) is 18.6 Å². The number of carbonyl (C=O) groups excluding carboxylic acids is 2. The van der Waals surface area contributed by atoms with Crippen molar-refractivity contribution < 1.29 is 37.9 Å². The molecule has 1 amide bonds. The molecule has 2 atom stereocenters. The van der Waals surface area contributed by atoms with Crippen LogP contribution in [0, 0.1) is 0 Å². The average Bonchev–Trinajstić information content (AvgIpc) is 2.97. The van der Waals surface area contributed by atoms with Gasteiger partial charge in [0.1, 0.15) is 12.7 Å². The van der Waals surface area contributed by atoms with Crippen molar-refractivity contribution in [3.8, 4) is 0 Å². The number of rotatable bonds is 32. The number of nitrogens with one attached hydrogen (secondary N) is 1. The number of aliphatic hydroxyl groups is 1. The Hall–Kier alpha value is -1.25. The predicted octanol–water partition coefficient (Wildman–Crippen LogP) is 8.32. The van der Waals surface area contributed by atoms with Crippen molar-refractivity contribution in [2.24, 2.45) is 0 Å². The SMILES string of the molecule is CCCCCCCC/C=C/CCCCCCCCCCCCCCCC(=O)NCCOP(=O)(O)OCC(O)COC(C)=O. The summed E-state index contributed by atoms with van der Waals surface area (Å²) >= 11 is 0. The van der Waals surface area contributed by atoms with Crippen LogP contribution >= 0.6 is 7.82 Å². The number of hydrogen-bond acceptors (Lipinski definition) is 7. The maximum atomic E-state index is 11.9. The Morgan fingerprint density at radius 3 is 1.67 bits per heavy atom. The third kappa shape index (κ3) is 33.5. The normalized spacial score (nSPS) is 13.7. The first-order valence-electron chi connectivity index (χ1n) is 17.1. The Labute approximate surface area is 262 Å². The van der Waals surface area contributed by atoms with E-state index in [1.54, 1.807) is 0 Å². The van der Waals surface area contributed by atoms with Crippen LogP contribution in [0.25, 0.3) is 0 Å². The quantitative estimate of drug-likeness (QED) is 0.0292. The van der Waals surface area contributed by atoms with Gasteiger partial charge in [-0.2, -0.15) is 0 Å². The van der Waals surface area contributed by atoms with Gasteiger partial charge in [-0.25, -0.2) is 4.57 Å². The molecular formula is C33H64NO8P. The number of allylic oxidation sites excluding steroid dienone is 2. The topological polar surface area (TPSA) is 131 Å². The van der Waals surface area contributed by atoms with Crippen LogP contribution in [0.3, 0.4) is 0 Å². The summed E-state index contributed by atoms with van der Waals surface area (Å²) in [6.45, 7) is 2.47. The first-order valence-corrected chi connectivity index (χ1v) is 18.6. The molecule has 0 spiro atoms. The highest BCUT2D eigenvalue weighted by atomic mass is 31.2. The Morgan fingerprint density at radius 2 is 1.19 bits per heavy atom. The lowest BCUT2D eigenvalue weighted by molar-refractivity contribution is -0.144. The minimum atomic E-state index is -4.37. The number of phosphoric acid groups is 1. The molecule has 0 heterocycles. The summed E-state index contributed by atoms with van der Waals surface area (Å²) in [6, 6.07) is 0. The standard InChI is InChI=1S/C33H64NO8P/c1-3-4-5-6-7-8-9-10-11-12-13-14-15-16-17-18-19-20-21-22-23-24-25-26-33(37)34-27-28-41-43(38,39)42-30-32(36)29-40-31(2)35/h10-11,32,36H,3-9,12-30H2,1-2H3,(H,34,37)(H,38,39)/b11-10+. The van der Waals surface area contributed by atoms with Gasteiger partial charge >= 0.3 is 13.8 Å². The number of carbonyl (C=O) groups is 2. The van der Waals surface area contributed by atoms with Gasteiger partial charge in [-0.05, 0) is 32.1 Å². The first-order chi connectivity index (χ1) is 20.8. The van der Waals surface area contributed by atoms with Crippen LogP contribution in [0.1, 0.15) is 155 Å². The Kier molecular flexibility index (Phi) is 29.9. The maximum absolute atomic E-state index is 11.9. The molecule has 0 fully saturated rings. The summed E-state index contributed by atoms with van der Waals surface area (Å²) in [5.74, 6) is -0.693. The van der Waals surface area contributed by atoms with E-state index in [-0.39, 0.29) is 25.7 Å². The molecular weight excluding hydrogens is 569 g/mol. The number of amides is 1. The van der Waals surface area contributed by atoms with Gasteiger partial charge in [-0.1, -0.05) is 122 Å². The van der Waals surface area contributed by atoms with Crippen molar-refractivity contribution in [2.45, 2.75) is 161 Å². The number of hydrogen-bond donors (Lipinski definition) is 3. The smallest absolute Gasteiger partial charge is 0.463 e. The molecule has 0 aromatic heterocycles. The molecule has 10 heteroatoms. The molecule has 43 heavy (non-hydrogen) atoms. The van der Waals surface area contributed by atoms with Gasteiger partial charge < -0.3 is 20.1 Å². The number of phosphoric ester groups is 1. The third-order valence-electron chi connectivity index (χ3n) is 7.25. The fraction of sp³-hybridized carbons (Fsp3) is 0.879. The van der Waals surface area contributed by atoms with Crippen LogP contribution in [0.15, 0.2) is 12.2 Å². The van der Waals surface area contributed by atoms with Crippen LogP contribution < -0.4 is 5.32 Å². The van der Waals surface area contributed by atoms with E-state index in [1.165, 1.54) is 122 Å². The van der Waals surface area contributed by atoms with Crippen molar-refractivity contribution in [1.29, 1.82) is 0 Å². The second-order valence-electron chi connectivity index (χ2n) is 11.6. The Balaban J connectivity index is 3.39. The largest absolute Gasteiger partial charge is 0.472 e. The molecule has 0 bridgehead atoms. The van der Waals surface area contributed by atoms with Gasteiger partial charge in [0.2, 0.25) is 5.91 Å². The van der Waals surface area contributed by atoms with Crippen LogP contribution in [0.2, 0.25) is 0 Å². The number of ether oxygens (including phenoxy) is 1. The van der Waals surface area contributed by atoms with Gasteiger partial charge in [0.25, 0.3) is 0 Å². The molecule has 0 aliphatic heterocycles. The van der Waals surface area contributed by atoms with Crippen molar-refractivity contribution >= 4 is 19.7 Å². The third-order valence-corrected chi connectivity index (χ3v) is 8.24. The molecule has 0 aromatic rings. The fourth-order valence-corrected chi connectivity index (χ4v) is 5.45. The fourth-order valence-electron chi connectivity index (χ4n) is 4.69. The summed E-state index contributed by atoms with van der Waals surface area (Å²) < 4.78 is 25.7. The van der Waals surface area contributed by atoms with Crippen molar-refractivity contribution in [3.63, 3.8) is 0 Å². The Morgan fingerprint density at radius 1 is 0.721 bits per heavy atom. The summed E-state index contributed by atoms with van der Waals surface area (Å²) in [6.07, 6.45) is 31.0. The van der Waals surface area contributed by atoms with Crippen molar-refractivity contribution in [3.05, 3.63) is 12.2 Å². The molecule has 3 N–H and O–H groups in total. The molecule has 0 saturated carbocycles. The minimum absolute atomic E-state index is 0.0828. The number of esters is 1. The molecule has 0 aliphatic carbocycles. The lowest BCUT2D eigenvalue weighted by Crippen LogP contribution is -2.27. The Bertz CT molecular complexity index is 734. The van der Waals surface area contributed by atoms with E-state index in [0.29, 0.717) is 6.42 Å². The van der Waals surface area contributed by atoms with E-state index in [1.807, 2.05) is 0 Å². The van der Waals surface area contributed by atoms with E-state index in [9.17, 15) is 24.2 Å². The molecule has 0 radical (unpaired) electrons. The van der Waals surface area contributed by atoms with Crippen LogP contribution in [-0.4, -0.2) is 54.3 Å². The van der Waals surface area contributed by atoms with Gasteiger partial charge in [0, 0.05) is 19.9 Å². The molecule has 254 valence electrons. The molecule has 2 unspecified atom stereocenters. The van der Waals surface area contributed by atoms with Gasteiger partial charge in [0.15, 0.2) is 0 Å². The first kappa shape index (κ1) is 41.8. The van der Waals surface area contributed by atoms with E-state index in [4.69, 9.17) is 4.52 Å². The zero-order chi connectivity index (χ0) is 31.9. The summed E-state index contributed by atoms with van der Waals surface area (Å²) in [5, 5.41) is 12.2. The maximum Gasteiger partial charge on any atom is 0.472 e. The zero-order valence-electron chi connectivity index (χ0n) is 27.4. The predicted molar refractivity (Wildman–Crippen MR) is 174 cm³/mol. The highest BCUT2D eigenvalue weighted by Gasteiger charge is 2.23. The highest BCUT2D eigenvalue weighted by Crippen LogP contribution is 2.42. The average molecular weight is 634 g/mol. The molecule has 0 saturated heterocycles. The van der Waals surface area contributed by atoms with Crippen LogP contribution in [0.5, 0.6) is 0 Å². The van der Waals surface area contributed by atoms with Crippen molar-refractivity contribution in [1.82, 2.24) is 5.32 Å². The highest BCUT2D eigenvalue weighted by molar-refractivity contribution is 7.47. The molecule has 9 nitrogen and oxygen atoms in total. The lowest BCUT2D eigenvalue weighted by atomic mass is 10.0. The second kappa shape index (κ2) is 30.8. The summed E-state index contributed by atoms with van der Waals surface area (Å²) in [4.78, 5) is 32.2. The van der Waals surface area contributed by atoms with E-state index < -0.39 is 26.5 Å². The molecule has 0 aliphatic rings. The van der Waals surface area contributed by atoms with Crippen molar-refractivity contribution in [2.75, 3.05) is 26.4 Å². The van der Waals surface area contributed by atoms with Crippen LogP contribution in [0.4, 0.5) is 0 Å². The van der Waals surface area contributed by atoms with E-state index >= 15 is 0 Å². The number of aliphatic hydroxyl groups excluding tert-OH is 1. The van der Waals surface area contributed by atoms with Crippen LogP contribution in [-0.2, 0) is 27.9 Å². The number of unbranched alkanes of at least 4 members (excludes halogenated alkanes) is 19.